The molecule has 0 bridgehead atoms. The molecule has 1 N–H and O–H groups in total. The fourth-order valence-electron chi connectivity index (χ4n) is 2.70. The molecule has 3 rings (SSSR count). The van der Waals surface area contributed by atoms with Gasteiger partial charge in [0.2, 0.25) is 0 Å². The number of rotatable bonds is 1. The molecular weight excluding hydrogens is 244 g/mol. The molecule has 1 atom stereocenters. The lowest BCUT2D eigenvalue weighted by Crippen LogP contribution is -2.37. The van der Waals surface area contributed by atoms with Crippen molar-refractivity contribution < 1.29 is 19.4 Å². The van der Waals surface area contributed by atoms with Crippen LogP contribution in [0.4, 0.5) is 0 Å². The van der Waals surface area contributed by atoms with Gasteiger partial charge >= 0.3 is 0 Å². The molecule has 4 nitrogen and oxygen atoms in total. The summed E-state index contributed by atoms with van der Waals surface area (Å²) < 4.78 is 5.37. The third kappa shape index (κ3) is 1.81. The van der Waals surface area contributed by atoms with E-state index in [0.717, 1.165) is 6.29 Å². The second-order valence-electron chi connectivity index (χ2n) is 4.72. The zero-order valence-electron chi connectivity index (χ0n) is 10.1. The van der Waals surface area contributed by atoms with Crippen molar-refractivity contribution in [3.63, 3.8) is 0 Å². The van der Waals surface area contributed by atoms with E-state index in [2.05, 4.69) is 0 Å². The Kier molecular flexibility index (Phi) is 2.61. The van der Waals surface area contributed by atoms with Gasteiger partial charge in [-0.15, -0.1) is 0 Å². The Labute approximate surface area is 110 Å². The van der Waals surface area contributed by atoms with E-state index in [1.54, 1.807) is 30.4 Å². The van der Waals surface area contributed by atoms with Crippen molar-refractivity contribution >= 4 is 12.1 Å². The largest absolute Gasteiger partial charge is 0.465 e. The molecule has 1 aliphatic heterocycles. The van der Waals surface area contributed by atoms with E-state index in [-0.39, 0.29) is 12.2 Å². The van der Waals surface area contributed by atoms with Gasteiger partial charge in [0.25, 0.3) is 0 Å². The topological polar surface area (TPSA) is 63.6 Å². The molecule has 0 fully saturated rings. The second-order valence-corrected chi connectivity index (χ2v) is 4.72. The molecule has 2 aliphatic rings. The molecule has 0 amide bonds. The van der Waals surface area contributed by atoms with Crippen LogP contribution in [0, 0.1) is 0 Å². The Morgan fingerprint density at radius 2 is 2.05 bits per heavy atom. The number of ketones is 1. The number of benzene rings is 1. The van der Waals surface area contributed by atoms with Gasteiger partial charge in [-0.3, -0.25) is 9.59 Å². The van der Waals surface area contributed by atoms with E-state index >= 15 is 0 Å². The van der Waals surface area contributed by atoms with Gasteiger partial charge in [-0.25, -0.2) is 0 Å². The average Bonchev–Trinajstić information content (AvgIpc) is 2.41. The third-order valence-electron chi connectivity index (χ3n) is 3.52. The zero-order valence-corrected chi connectivity index (χ0v) is 10.1. The summed E-state index contributed by atoms with van der Waals surface area (Å²) in [6, 6.07) is 5.12. The van der Waals surface area contributed by atoms with Gasteiger partial charge in [-0.05, 0) is 18.2 Å². The number of ether oxygens (including phenoxy) is 1. The summed E-state index contributed by atoms with van der Waals surface area (Å²) in [4.78, 5) is 22.5. The fourth-order valence-corrected chi connectivity index (χ4v) is 2.70. The molecule has 19 heavy (non-hydrogen) atoms. The maximum atomic E-state index is 11.3. The Hall–Kier alpha value is -2.20. The Morgan fingerprint density at radius 3 is 2.74 bits per heavy atom. The van der Waals surface area contributed by atoms with Gasteiger partial charge in [-0.2, -0.15) is 0 Å². The van der Waals surface area contributed by atoms with Crippen LogP contribution in [0.3, 0.4) is 0 Å². The first kappa shape index (κ1) is 11.9. The van der Waals surface area contributed by atoms with E-state index in [4.69, 9.17) is 4.74 Å². The van der Waals surface area contributed by atoms with Crippen LogP contribution in [0.2, 0.25) is 0 Å². The van der Waals surface area contributed by atoms with Crippen molar-refractivity contribution in [1.29, 1.82) is 0 Å². The first-order chi connectivity index (χ1) is 9.14. The maximum absolute atomic E-state index is 11.3. The first-order valence-electron chi connectivity index (χ1n) is 6.00. The molecule has 4 heteroatoms. The van der Waals surface area contributed by atoms with Gasteiger partial charge in [0.15, 0.2) is 18.4 Å². The van der Waals surface area contributed by atoms with Crippen molar-refractivity contribution in [2.45, 2.75) is 18.1 Å². The zero-order chi connectivity index (χ0) is 13.5. The number of hydrogen-bond acceptors (Lipinski definition) is 4. The molecule has 1 aliphatic carbocycles. The van der Waals surface area contributed by atoms with Crippen molar-refractivity contribution in [3.05, 3.63) is 53.6 Å². The van der Waals surface area contributed by atoms with E-state index in [9.17, 15) is 14.7 Å². The number of aliphatic hydroxyl groups is 1. The minimum atomic E-state index is -0.961. The van der Waals surface area contributed by atoms with Gasteiger partial charge in [0.05, 0.1) is 0 Å². The predicted molar refractivity (Wildman–Crippen MR) is 68.0 cm³/mol. The smallest absolute Gasteiger partial charge is 0.198 e. The normalized spacial score (nSPS) is 23.0. The highest BCUT2D eigenvalue weighted by molar-refractivity contribution is 6.01. The van der Waals surface area contributed by atoms with Crippen LogP contribution in [-0.4, -0.2) is 23.5 Å². The standard InChI is InChI=1S/C15H12O4/c16-9-10-2-1-3-12-14(10)15(8-13(18)19-12)6-4-11(17)5-7-15/h1-7,9,13,18H,8H2. The van der Waals surface area contributed by atoms with Gasteiger partial charge in [0, 0.05) is 23.0 Å². The minimum Gasteiger partial charge on any atom is -0.465 e. The van der Waals surface area contributed by atoms with Crippen LogP contribution in [-0.2, 0) is 10.2 Å². The van der Waals surface area contributed by atoms with Crippen LogP contribution >= 0.6 is 0 Å². The molecule has 96 valence electrons. The predicted octanol–water partition coefficient (Wildman–Crippen LogP) is 1.53. The van der Waals surface area contributed by atoms with Crippen LogP contribution in [0.1, 0.15) is 22.3 Å². The summed E-state index contributed by atoms with van der Waals surface area (Å²) in [5.74, 6) is 0.378. The van der Waals surface area contributed by atoms with Gasteiger partial charge in [0.1, 0.15) is 5.75 Å². The van der Waals surface area contributed by atoms with Crippen molar-refractivity contribution in [2.24, 2.45) is 0 Å². The third-order valence-corrected chi connectivity index (χ3v) is 3.52. The van der Waals surface area contributed by atoms with Crippen molar-refractivity contribution in [3.8, 4) is 5.75 Å². The van der Waals surface area contributed by atoms with Crippen molar-refractivity contribution in [1.82, 2.24) is 0 Å². The molecule has 1 unspecified atom stereocenters. The Morgan fingerprint density at radius 1 is 1.32 bits per heavy atom. The molecule has 0 saturated heterocycles. The number of aliphatic hydroxyl groups excluding tert-OH is 1. The second kappa shape index (κ2) is 4.17. The maximum Gasteiger partial charge on any atom is 0.198 e. The van der Waals surface area contributed by atoms with Crippen molar-refractivity contribution in [2.75, 3.05) is 0 Å². The van der Waals surface area contributed by atoms with Crippen LogP contribution in [0.15, 0.2) is 42.5 Å². The number of hydrogen-bond donors (Lipinski definition) is 1. The molecule has 0 radical (unpaired) electrons. The molecule has 0 saturated carbocycles. The summed E-state index contributed by atoms with van der Waals surface area (Å²) in [6.07, 6.45) is 6.47. The highest BCUT2D eigenvalue weighted by Gasteiger charge is 2.40. The van der Waals surface area contributed by atoms with Gasteiger partial charge < -0.3 is 9.84 Å². The molecule has 1 aromatic carbocycles. The summed E-state index contributed by atoms with van der Waals surface area (Å²) in [7, 11) is 0. The molecule has 1 spiro atoms. The summed E-state index contributed by atoms with van der Waals surface area (Å²) in [5, 5.41) is 9.84. The van der Waals surface area contributed by atoms with Crippen LogP contribution in [0.25, 0.3) is 0 Å². The SMILES string of the molecule is O=Cc1cccc2c1C1(C=CC(=O)C=C1)CC(O)O2. The number of carbonyl (C=O) groups excluding carboxylic acids is 2. The minimum absolute atomic E-state index is 0.100. The fraction of sp³-hybridized carbons (Fsp3) is 0.200. The molecule has 0 aromatic heterocycles. The first-order valence-corrected chi connectivity index (χ1v) is 6.00. The van der Waals surface area contributed by atoms with E-state index in [1.165, 1.54) is 12.2 Å². The Bertz CT molecular complexity index is 597. The lowest BCUT2D eigenvalue weighted by Gasteiger charge is -2.38. The van der Waals surface area contributed by atoms with E-state index in [1.807, 2.05) is 0 Å². The lowest BCUT2D eigenvalue weighted by atomic mass is 9.71. The average molecular weight is 256 g/mol. The highest BCUT2D eigenvalue weighted by atomic mass is 16.6. The lowest BCUT2D eigenvalue weighted by molar-refractivity contribution is -0.110. The molecular formula is C15H12O4. The quantitative estimate of drug-likeness (QED) is 0.774. The molecule has 1 heterocycles. The van der Waals surface area contributed by atoms with Crippen LogP contribution in [0.5, 0.6) is 5.75 Å². The number of carbonyl (C=O) groups is 2. The number of aldehydes is 1. The Balaban J connectivity index is 2.24. The summed E-state index contributed by atoms with van der Waals surface area (Å²) in [5.41, 5.74) is 0.557. The summed E-state index contributed by atoms with van der Waals surface area (Å²) >= 11 is 0. The summed E-state index contributed by atoms with van der Waals surface area (Å²) in [6.45, 7) is 0. The monoisotopic (exact) mass is 256 g/mol. The molecule has 1 aromatic rings. The van der Waals surface area contributed by atoms with Gasteiger partial charge in [-0.1, -0.05) is 24.3 Å². The van der Waals surface area contributed by atoms with E-state index in [0.29, 0.717) is 16.9 Å². The van der Waals surface area contributed by atoms with E-state index < -0.39 is 11.7 Å². The van der Waals surface area contributed by atoms with Crippen LogP contribution < -0.4 is 4.74 Å². The number of fused-ring (bicyclic) bond motifs is 2. The highest BCUT2D eigenvalue weighted by Crippen LogP contribution is 2.45. The number of allylic oxidation sites excluding steroid dienone is 4.